The third-order valence-electron chi connectivity index (χ3n) is 3.51. The minimum Gasteiger partial charge on any atom is -0.478 e. The van der Waals surface area contributed by atoms with Crippen LogP contribution in [-0.2, 0) is 0 Å². The largest absolute Gasteiger partial charge is 0.478 e. The van der Waals surface area contributed by atoms with Crippen molar-refractivity contribution in [3.05, 3.63) is 53.1 Å². The van der Waals surface area contributed by atoms with E-state index < -0.39 is 5.97 Å². The van der Waals surface area contributed by atoms with Crippen LogP contribution < -0.4 is 0 Å². The highest BCUT2D eigenvalue weighted by Gasteiger charge is 2.14. The summed E-state index contributed by atoms with van der Waals surface area (Å²) in [5.41, 5.74) is 4.97. The van der Waals surface area contributed by atoms with Crippen molar-refractivity contribution in [3.63, 3.8) is 0 Å². The number of imidazole rings is 1. The Morgan fingerprint density at radius 1 is 1.15 bits per heavy atom. The van der Waals surface area contributed by atoms with Crippen molar-refractivity contribution in [1.82, 2.24) is 9.97 Å². The van der Waals surface area contributed by atoms with E-state index in [4.69, 9.17) is 0 Å². The Bertz CT molecular complexity index is 779. The summed E-state index contributed by atoms with van der Waals surface area (Å²) in [7, 11) is 0. The molecule has 0 aliphatic rings. The third-order valence-corrected chi connectivity index (χ3v) is 3.51. The Kier molecular flexibility index (Phi) is 2.79. The Labute approximate surface area is 116 Å². The van der Waals surface area contributed by atoms with Gasteiger partial charge in [0.1, 0.15) is 5.82 Å². The second kappa shape index (κ2) is 4.49. The molecule has 0 saturated heterocycles. The molecular weight excluding hydrogens is 252 g/mol. The van der Waals surface area contributed by atoms with Crippen molar-refractivity contribution in [2.24, 2.45) is 0 Å². The number of aromatic nitrogens is 2. The fraction of sp³-hybridized carbons (Fsp3) is 0.125. The number of carboxylic acids is 1. The first kappa shape index (κ1) is 12.4. The van der Waals surface area contributed by atoms with E-state index in [0.29, 0.717) is 11.4 Å². The van der Waals surface area contributed by atoms with Gasteiger partial charge in [-0.15, -0.1) is 0 Å². The average Bonchev–Trinajstić information content (AvgIpc) is 2.82. The second-order valence-corrected chi connectivity index (χ2v) is 4.89. The first-order valence-electron chi connectivity index (χ1n) is 6.36. The molecule has 2 aromatic carbocycles. The number of nitrogens with one attached hydrogen (secondary N) is 1. The molecule has 1 heterocycles. The van der Waals surface area contributed by atoms with Gasteiger partial charge in [0.05, 0.1) is 16.6 Å². The van der Waals surface area contributed by atoms with Gasteiger partial charge in [-0.1, -0.05) is 18.2 Å². The fourth-order valence-electron chi connectivity index (χ4n) is 2.27. The molecule has 0 aliphatic carbocycles. The van der Waals surface area contributed by atoms with Gasteiger partial charge in [0.2, 0.25) is 0 Å². The van der Waals surface area contributed by atoms with Gasteiger partial charge in [-0.05, 0) is 43.2 Å². The molecule has 2 N–H and O–H groups in total. The highest BCUT2D eigenvalue weighted by atomic mass is 16.4. The van der Waals surface area contributed by atoms with Gasteiger partial charge in [-0.2, -0.15) is 0 Å². The monoisotopic (exact) mass is 266 g/mol. The molecule has 4 nitrogen and oxygen atoms in total. The van der Waals surface area contributed by atoms with Gasteiger partial charge in [0.25, 0.3) is 0 Å². The summed E-state index contributed by atoms with van der Waals surface area (Å²) in [6.45, 7) is 4.08. The molecular formula is C16H14N2O2. The minimum atomic E-state index is -0.951. The van der Waals surface area contributed by atoms with Crippen LogP contribution in [0.1, 0.15) is 21.5 Å². The zero-order chi connectivity index (χ0) is 14.3. The average molecular weight is 266 g/mol. The Morgan fingerprint density at radius 2 is 1.85 bits per heavy atom. The van der Waals surface area contributed by atoms with Crippen molar-refractivity contribution in [2.75, 3.05) is 0 Å². The van der Waals surface area contributed by atoms with Crippen LogP contribution in [0.4, 0.5) is 0 Å². The highest BCUT2D eigenvalue weighted by Crippen LogP contribution is 2.25. The molecule has 0 unspecified atom stereocenters. The third kappa shape index (κ3) is 1.95. The molecule has 0 aliphatic heterocycles. The van der Waals surface area contributed by atoms with Gasteiger partial charge in [-0.3, -0.25) is 0 Å². The molecule has 100 valence electrons. The fourth-order valence-corrected chi connectivity index (χ4v) is 2.27. The van der Waals surface area contributed by atoms with Crippen molar-refractivity contribution >= 4 is 17.0 Å². The molecule has 0 spiro atoms. The number of aromatic carboxylic acids is 1. The minimum absolute atomic E-state index is 0.250. The standard InChI is InChI=1S/C16H14N2O2/c1-9-7-13-14(8-10(9)2)18-15(17-13)11-5-3-4-6-12(11)16(19)20/h3-8H,1-2H3,(H,17,18)(H,19,20). The number of nitrogens with zero attached hydrogens (tertiary/aromatic N) is 1. The summed E-state index contributed by atoms with van der Waals surface area (Å²) in [5, 5.41) is 9.25. The number of carbonyl (C=O) groups is 1. The summed E-state index contributed by atoms with van der Waals surface area (Å²) in [5.74, 6) is -0.364. The van der Waals surface area contributed by atoms with Crippen molar-refractivity contribution in [2.45, 2.75) is 13.8 Å². The van der Waals surface area contributed by atoms with E-state index in [1.165, 1.54) is 11.1 Å². The van der Waals surface area contributed by atoms with Crippen LogP contribution in [0.3, 0.4) is 0 Å². The first-order valence-corrected chi connectivity index (χ1v) is 6.36. The summed E-state index contributed by atoms with van der Waals surface area (Å²) < 4.78 is 0. The lowest BCUT2D eigenvalue weighted by molar-refractivity contribution is 0.0697. The molecule has 3 rings (SSSR count). The topological polar surface area (TPSA) is 66.0 Å². The number of fused-ring (bicyclic) bond motifs is 1. The maximum atomic E-state index is 11.3. The molecule has 0 fully saturated rings. The molecule has 0 radical (unpaired) electrons. The number of rotatable bonds is 2. The second-order valence-electron chi connectivity index (χ2n) is 4.89. The van der Waals surface area contributed by atoms with Crippen LogP contribution in [0.5, 0.6) is 0 Å². The van der Waals surface area contributed by atoms with Crippen LogP contribution >= 0.6 is 0 Å². The van der Waals surface area contributed by atoms with E-state index in [2.05, 4.69) is 9.97 Å². The SMILES string of the molecule is Cc1cc2nc(-c3ccccc3C(=O)O)[nH]c2cc1C. The number of H-pyrrole nitrogens is 1. The molecule has 3 aromatic rings. The quantitative estimate of drug-likeness (QED) is 0.745. The maximum Gasteiger partial charge on any atom is 0.336 e. The number of aromatic amines is 1. The van der Waals surface area contributed by atoms with E-state index in [0.717, 1.165) is 11.0 Å². The van der Waals surface area contributed by atoms with Gasteiger partial charge < -0.3 is 10.1 Å². The maximum absolute atomic E-state index is 11.3. The summed E-state index contributed by atoms with van der Waals surface area (Å²) in [6, 6.07) is 10.9. The zero-order valence-electron chi connectivity index (χ0n) is 11.3. The number of aryl methyl sites for hydroxylation is 2. The van der Waals surface area contributed by atoms with Crippen molar-refractivity contribution in [1.29, 1.82) is 0 Å². The molecule has 20 heavy (non-hydrogen) atoms. The molecule has 0 amide bonds. The zero-order valence-corrected chi connectivity index (χ0v) is 11.3. The number of hydrogen-bond donors (Lipinski definition) is 2. The lowest BCUT2D eigenvalue weighted by atomic mass is 10.1. The highest BCUT2D eigenvalue weighted by molar-refractivity contribution is 5.96. The van der Waals surface area contributed by atoms with E-state index >= 15 is 0 Å². The van der Waals surface area contributed by atoms with Crippen LogP contribution in [0.2, 0.25) is 0 Å². The normalized spacial score (nSPS) is 10.9. The Hall–Kier alpha value is -2.62. The van der Waals surface area contributed by atoms with Gasteiger partial charge in [-0.25, -0.2) is 9.78 Å². The van der Waals surface area contributed by atoms with Crippen LogP contribution in [-0.4, -0.2) is 21.0 Å². The Balaban J connectivity index is 2.23. The first-order chi connectivity index (χ1) is 9.56. The van der Waals surface area contributed by atoms with Crippen LogP contribution in [0, 0.1) is 13.8 Å². The lowest BCUT2D eigenvalue weighted by Crippen LogP contribution is -1.99. The van der Waals surface area contributed by atoms with Crippen LogP contribution in [0.15, 0.2) is 36.4 Å². The van der Waals surface area contributed by atoms with E-state index in [1.54, 1.807) is 18.2 Å². The number of benzene rings is 2. The summed E-state index contributed by atoms with van der Waals surface area (Å²) in [4.78, 5) is 19.0. The van der Waals surface area contributed by atoms with Crippen molar-refractivity contribution in [3.8, 4) is 11.4 Å². The van der Waals surface area contributed by atoms with Crippen LogP contribution in [0.25, 0.3) is 22.4 Å². The molecule has 0 bridgehead atoms. The smallest absolute Gasteiger partial charge is 0.336 e. The number of carboxylic acid groups (broad SMARTS) is 1. The van der Waals surface area contributed by atoms with Gasteiger partial charge in [0, 0.05) is 5.56 Å². The molecule has 0 saturated carbocycles. The summed E-state index contributed by atoms with van der Waals surface area (Å²) >= 11 is 0. The predicted octanol–water partition coefficient (Wildman–Crippen LogP) is 3.54. The molecule has 0 atom stereocenters. The van der Waals surface area contributed by atoms with Gasteiger partial charge >= 0.3 is 5.97 Å². The predicted molar refractivity (Wildman–Crippen MR) is 78.0 cm³/mol. The lowest BCUT2D eigenvalue weighted by Gasteiger charge is -2.01. The van der Waals surface area contributed by atoms with E-state index in [1.807, 2.05) is 32.0 Å². The molecule has 4 heteroatoms. The Morgan fingerprint density at radius 3 is 2.60 bits per heavy atom. The summed E-state index contributed by atoms with van der Waals surface area (Å²) in [6.07, 6.45) is 0. The van der Waals surface area contributed by atoms with E-state index in [-0.39, 0.29) is 5.56 Å². The number of hydrogen-bond acceptors (Lipinski definition) is 2. The van der Waals surface area contributed by atoms with Gasteiger partial charge in [0.15, 0.2) is 0 Å². The molecule has 1 aromatic heterocycles. The van der Waals surface area contributed by atoms with E-state index in [9.17, 15) is 9.90 Å². The van der Waals surface area contributed by atoms with Crippen molar-refractivity contribution < 1.29 is 9.90 Å².